The highest BCUT2D eigenvalue weighted by molar-refractivity contribution is 7.92. The molecule has 2 aromatic carbocycles. The average molecular weight is 356 g/mol. The first-order valence-corrected chi connectivity index (χ1v) is 9.39. The van der Waals surface area contributed by atoms with Gasteiger partial charge >= 0.3 is 0 Å². The van der Waals surface area contributed by atoms with Crippen molar-refractivity contribution < 1.29 is 12.9 Å². The highest BCUT2D eigenvalue weighted by atomic mass is 32.2. The molecule has 3 aromatic rings. The average Bonchev–Trinajstić information content (AvgIpc) is 2.86. The second-order valence-corrected chi connectivity index (χ2v) is 7.81. The largest absolute Gasteiger partial charge is 0.361 e. The zero-order valence-electron chi connectivity index (χ0n) is 14.6. The van der Waals surface area contributed by atoms with Gasteiger partial charge in [-0.05, 0) is 62.6 Å². The lowest BCUT2D eigenvalue weighted by Crippen LogP contribution is -2.14. The molecule has 1 heterocycles. The second-order valence-electron chi connectivity index (χ2n) is 6.15. The van der Waals surface area contributed by atoms with E-state index in [2.05, 4.69) is 9.88 Å². The van der Waals surface area contributed by atoms with Crippen LogP contribution in [0, 0.1) is 27.7 Å². The fraction of sp³-hybridized carbons (Fsp3) is 0.211. The van der Waals surface area contributed by atoms with Crippen molar-refractivity contribution >= 4 is 15.7 Å². The van der Waals surface area contributed by atoms with Gasteiger partial charge in [-0.2, -0.15) is 0 Å². The maximum Gasteiger partial charge on any atom is 0.262 e. The van der Waals surface area contributed by atoms with E-state index in [1.807, 2.05) is 39.0 Å². The topological polar surface area (TPSA) is 72.2 Å². The smallest absolute Gasteiger partial charge is 0.262 e. The van der Waals surface area contributed by atoms with Crippen LogP contribution in [0.1, 0.15) is 22.6 Å². The molecule has 0 fully saturated rings. The third-order valence-corrected chi connectivity index (χ3v) is 5.59. The minimum Gasteiger partial charge on any atom is -0.361 e. The Morgan fingerprint density at radius 2 is 1.76 bits per heavy atom. The standard InChI is InChI=1S/C19H20N2O3S/c1-12-6-5-7-17(10-12)21-25(22,23)18-11-16(9-8-13(18)2)19-14(3)20-24-15(19)4/h5-11,21H,1-4H3. The number of nitrogens with one attached hydrogen (secondary N) is 1. The van der Waals surface area contributed by atoms with Crippen LogP contribution in [0.3, 0.4) is 0 Å². The van der Waals surface area contributed by atoms with E-state index in [0.717, 1.165) is 22.4 Å². The lowest BCUT2D eigenvalue weighted by Gasteiger charge is -2.12. The van der Waals surface area contributed by atoms with Crippen LogP contribution in [0.4, 0.5) is 5.69 Å². The molecule has 0 aliphatic rings. The Bertz CT molecular complexity index is 1020. The molecule has 5 nitrogen and oxygen atoms in total. The van der Waals surface area contributed by atoms with Crippen LogP contribution in [-0.2, 0) is 10.0 Å². The molecule has 0 spiro atoms. The summed E-state index contributed by atoms with van der Waals surface area (Å²) in [6, 6.07) is 12.6. The van der Waals surface area contributed by atoms with Crippen molar-refractivity contribution in [1.29, 1.82) is 0 Å². The van der Waals surface area contributed by atoms with Crippen LogP contribution in [0.15, 0.2) is 51.9 Å². The summed E-state index contributed by atoms with van der Waals surface area (Å²) in [4.78, 5) is 0.242. The van der Waals surface area contributed by atoms with E-state index in [-0.39, 0.29) is 4.90 Å². The molecular formula is C19H20N2O3S. The van der Waals surface area contributed by atoms with Crippen molar-refractivity contribution in [3.63, 3.8) is 0 Å². The molecule has 3 rings (SSSR count). The molecular weight excluding hydrogens is 336 g/mol. The highest BCUT2D eigenvalue weighted by Gasteiger charge is 2.20. The van der Waals surface area contributed by atoms with E-state index in [9.17, 15) is 8.42 Å². The molecule has 0 saturated carbocycles. The van der Waals surface area contributed by atoms with E-state index in [1.54, 1.807) is 31.2 Å². The van der Waals surface area contributed by atoms with Gasteiger partial charge in [0.15, 0.2) is 0 Å². The second kappa shape index (κ2) is 6.37. The molecule has 6 heteroatoms. The van der Waals surface area contributed by atoms with Gasteiger partial charge in [-0.15, -0.1) is 0 Å². The highest BCUT2D eigenvalue weighted by Crippen LogP contribution is 2.30. The summed E-state index contributed by atoms with van der Waals surface area (Å²) < 4.78 is 33.6. The third-order valence-electron chi connectivity index (χ3n) is 4.07. The van der Waals surface area contributed by atoms with E-state index < -0.39 is 10.0 Å². The van der Waals surface area contributed by atoms with E-state index in [4.69, 9.17) is 4.52 Å². The first-order chi connectivity index (χ1) is 11.8. The zero-order valence-corrected chi connectivity index (χ0v) is 15.4. The van der Waals surface area contributed by atoms with Crippen LogP contribution < -0.4 is 4.72 Å². The summed E-state index contributed by atoms with van der Waals surface area (Å²) in [5.41, 5.74) is 4.54. The monoisotopic (exact) mass is 356 g/mol. The Hall–Kier alpha value is -2.60. The van der Waals surface area contributed by atoms with Crippen LogP contribution in [0.2, 0.25) is 0 Å². The Balaban J connectivity index is 2.06. The minimum atomic E-state index is -3.70. The number of nitrogens with zero attached hydrogens (tertiary/aromatic N) is 1. The van der Waals surface area contributed by atoms with Gasteiger partial charge in [-0.3, -0.25) is 4.72 Å². The lowest BCUT2D eigenvalue weighted by atomic mass is 10.0. The molecule has 0 unspecified atom stereocenters. The van der Waals surface area contributed by atoms with Gasteiger partial charge in [0.1, 0.15) is 5.76 Å². The van der Waals surface area contributed by atoms with Crippen molar-refractivity contribution in [2.75, 3.05) is 4.72 Å². The molecule has 1 N–H and O–H groups in total. The van der Waals surface area contributed by atoms with Crippen molar-refractivity contribution in [2.45, 2.75) is 32.6 Å². The van der Waals surface area contributed by atoms with Gasteiger partial charge in [0.25, 0.3) is 10.0 Å². The number of benzene rings is 2. The maximum absolute atomic E-state index is 12.9. The van der Waals surface area contributed by atoms with Gasteiger partial charge in [-0.1, -0.05) is 29.4 Å². The van der Waals surface area contributed by atoms with Crippen molar-refractivity contribution in [3.05, 3.63) is 65.0 Å². The van der Waals surface area contributed by atoms with Gasteiger partial charge < -0.3 is 4.52 Å². The Morgan fingerprint density at radius 3 is 2.40 bits per heavy atom. The maximum atomic E-state index is 12.9. The number of hydrogen-bond acceptors (Lipinski definition) is 4. The molecule has 0 aliphatic carbocycles. The normalized spacial score (nSPS) is 11.5. The van der Waals surface area contributed by atoms with Crippen molar-refractivity contribution in [1.82, 2.24) is 5.16 Å². The summed E-state index contributed by atoms with van der Waals surface area (Å²) >= 11 is 0. The molecule has 1 aromatic heterocycles. The van der Waals surface area contributed by atoms with Crippen molar-refractivity contribution in [2.24, 2.45) is 0 Å². The van der Waals surface area contributed by atoms with Crippen LogP contribution >= 0.6 is 0 Å². The van der Waals surface area contributed by atoms with Crippen LogP contribution in [0.5, 0.6) is 0 Å². The van der Waals surface area contributed by atoms with Gasteiger partial charge in [0.2, 0.25) is 0 Å². The third kappa shape index (κ3) is 3.44. The Morgan fingerprint density at radius 1 is 1.00 bits per heavy atom. The number of aromatic nitrogens is 1. The van der Waals surface area contributed by atoms with Gasteiger partial charge in [-0.25, -0.2) is 8.42 Å². The summed E-state index contributed by atoms with van der Waals surface area (Å²) in [5, 5.41) is 3.94. The number of sulfonamides is 1. The predicted octanol–water partition coefficient (Wildman–Crippen LogP) is 4.38. The molecule has 0 aliphatic heterocycles. The molecule has 0 saturated heterocycles. The fourth-order valence-electron chi connectivity index (χ4n) is 2.86. The van der Waals surface area contributed by atoms with E-state index >= 15 is 0 Å². The van der Waals surface area contributed by atoms with Crippen molar-refractivity contribution in [3.8, 4) is 11.1 Å². The quantitative estimate of drug-likeness (QED) is 0.753. The molecule has 0 atom stereocenters. The number of rotatable bonds is 4. The Kier molecular flexibility index (Phi) is 4.39. The van der Waals surface area contributed by atoms with Crippen LogP contribution in [0.25, 0.3) is 11.1 Å². The fourth-order valence-corrected chi connectivity index (χ4v) is 4.18. The van der Waals surface area contributed by atoms with Gasteiger partial charge in [0.05, 0.1) is 10.6 Å². The SMILES string of the molecule is Cc1cccc(NS(=O)(=O)c2cc(-c3c(C)noc3C)ccc2C)c1. The van der Waals surface area contributed by atoms with E-state index in [0.29, 0.717) is 17.0 Å². The molecule has 25 heavy (non-hydrogen) atoms. The number of aryl methyl sites for hydroxylation is 4. The number of anilines is 1. The molecule has 0 radical (unpaired) electrons. The summed E-state index contributed by atoms with van der Waals surface area (Å²) in [7, 11) is -3.70. The first-order valence-electron chi connectivity index (χ1n) is 7.91. The van der Waals surface area contributed by atoms with Gasteiger partial charge in [0, 0.05) is 11.3 Å². The summed E-state index contributed by atoms with van der Waals surface area (Å²) in [6.45, 7) is 7.35. The molecule has 0 amide bonds. The zero-order chi connectivity index (χ0) is 18.2. The summed E-state index contributed by atoms with van der Waals surface area (Å²) in [6.07, 6.45) is 0. The minimum absolute atomic E-state index is 0.242. The lowest BCUT2D eigenvalue weighted by molar-refractivity contribution is 0.393. The Labute approximate surface area is 147 Å². The summed E-state index contributed by atoms with van der Waals surface area (Å²) in [5.74, 6) is 0.663. The van der Waals surface area contributed by atoms with Crippen LogP contribution in [-0.4, -0.2) is 13.6 Å². The number of hydrogen-bond donors (Lipinski definition) is 1. The van der Waals surface area contributed by atoms with E-state index in [1.165, 1.54) is 0 Å². The predicted molar refractivity (Wildman–Crippen MR) is 98.1 cm³/mol. The first kappa shape index (κ1) is 17.2. The molecule has 0 bridgehead atoms. The molecule has 130 valence electrons.